The van der Waals surface area contributed by atoms with Crippen molar-refractivity contribution in [2.75, 3.05) is 11.9 Å². The van der Waals surface area contributed by atoms with Crippen LogP contribution in [-0.4, -0.2) is 17.4 Å². The van der Waals surface area contributed by atoms with Crippen LogP contribution in [0.25, 0.3) is 6.08 Å². The number of nitrogens with one attached hydrogen (secondary N) is 1. The van der Waals surface area contributed by atoms with Gasteiger partial charge in [0.1, 0.15) is 5.75 Å². The van der Waals surface area contributed by atoms with Crippen LogP contribution in [0.4, 0.5) is 11.4 Å². The van der Waals surface area contributed by atoms with E-state index in [-0.39, 0.29) is 11.6 Å². The molecule has 0 aliphatic carbocycles. The van der Waals surface area contributed by atoms with Crippen molar-refractivity contribution in [3.05, 3.63) is 69.8 Å². The van der Waals surface area contributed by atoms with E-state index in [1.54, 1.807) is 13.0 Å². The Morgan fingerprint density at radius 2 is 2.04 bits per heavy atom. The van der Waals surface area contributed by atoms with Crippen LogP contribution in [0, 0.1) is 17.0 Å². The molecule has 2 rings (SSSR count). The molecule has 6 heteroatoms. The van der Waals surface area contributed by atoms with Crippen molar-refractivity contribution in [3.63, 3.8) is 0 Å². The topological polar surface area (TPSA) is 81.5 Å². The molecule has 0 unspecified atom stereocenters. The Labute approximate surface area is 139 Å². The first kappa shape index (κ1) is 17.2. The largest absolute Gasteiger partial charge is 0.493 e. The van der Waals surface area contributed by atoms with E-state index in [0.29, 0.717) is 23.6 Å². The average Bonchev–Trinajstić information content (AvgIpc) is 2.56. The zero-order valence-corrected chi connectivity index (χ0v) is 13.5. The molecule has 0 spiro atoms. The molecule has 0 saturated carbocycles. The number of amides is 1. The van der Waals surface area contributed by atoms with Gasteiger partial charge in [-0.25, -0.2) is 0 Å². The SMILES string of the molecule is CCOc1ccccc1/C=C/C(=O)Nc1ccc([N+](=O)[O-])cc1C. The van der Waals surface area contributed by atoms with Crippen molar-refractivity contribution >= 4 is 23.4 Å². The summed E-state index contributed by atoms with van der Waals surface area (Å²) >= 11 is 0. The Bertz CT molecular complexity index is 784. The lowest BCUT2D eigenvalue weighted by molar-refractivity contribution is -0.384. The van der Waals surface area contributed by atoms with Crippen LogP contribution in [0.3, 0.4) is 0 Å². The Balaban J connectivity index is 2.10. The van der Waals surface area contributed by atoms with Gasteiger partial charge in [0.25, 0.3) is 5.69 Å². The third kappa shape index (κ3) is 4.42. The number of nitro groups is 1. The third-order valence-corrected chi connectivity index (χ3v) is 3.31. The Morgan fingerprint density at radius 3 is 2.71 bits per heavy atom. The van der Waals surface area contributed by atoms with E-state index >= 15 is 0 Å². The number of non-ortho nitro benzene ring substituents is 1. The molecule has 124 valence electrons. The average molecular weight is 326 g/mol. The highest BCUT2D eigenvalue weighted by molar-refractivity contribution is 6.02. The zero-order chi connectivity index (χ0) is 17.5. The van der Waals surface area contributed by atoms with Crippen LogP contribution in [0.1, 0.15) is 18.1 Å². The van der Waals surface area contributed by atoms with Gasteiger partial charge in [-0.15, -0.1) is 0 Å². The number of ether oxygens (including phenoxy) is 1. The van der Waals surface area contributed by atoms with Crippen molar-refractivity contribution in [1.82, 2.24) is 0 Å². The summed E-state index contributed by atoms with van der Waals surface area (Å²) in [5, 5.41) is 13.4. The highest BCUT2D eigenvalue weighted by Crippen LogP contribution is 2.22. The Kier molecular flexibility index (Phi) is 5.68. The van der Waals surface area contributed by atoms with E-state index in [9.17, 15) is 14.9 Å². The van der Waals surface area contributed by atoms with Crippen molar-refractivity contribution in [2.45, 2.75) is 13.8 Å². The molecule has 0 aromatic heterocycles. The van der Waals surface area contributed by atoms with Gasteiger partial charge in [-0.1, -0.05) is 18.2 Å². The highest BCUT2D eigenvalue weighted by atomic mass is 16.6. The number of anilines is 1. The minimum atomic E-state index is -0.469. The van der Waals surface area contributed by atoms with Crippen molar-refractivity contribution < 1.29 is 14.5 Å². The van der Waals surface area contributed by atoms with Crippen LogP contribution < -0.4 is 10.1 Å². The third-order valence-electron chi connectivity index (χ3n) is 3.31. The first-order chi connectivity index (χ1) is 11.5. The molecule has 0 fully saturated rings. The maximum atomic E-state index is 12.1. The van der Waals surface area contributed by atoms with Crippen molar-refractivity contribution in [2.24, 2.45) is 0 Å². The van der Waals surface area contributed by atoms with Crippen LogP contribution in [-0.2, 0) is 4.79 Å². The van der Waals surface area contributed by atoms with Gasteiger partial charge in [0, 0.05) is 29.5 Å². The molecule has 2 aromatic rings. The minimum Gasteiger partial charge on any atom is -0.493 e. The lowest BCUT2D eigenvalue weighted by atomic mass is 10.1. The zero-order valence-electron chi connectivity index (χ0n) is 13.5. The number of nitrogens with zero attached hydrogens (tertiary/aromatic N) is 1. The fraction of sp³-hybridized carbons (Fsp3) is 0.167. The van der Waals surface area contributed by atoms with E-state index < -0.39 is 4.92 Å². The molecular weight excluding hydrogens is 308 g/mol. The number of rotatable bonds is 6. The molecule has 24 heavy (non-hydrogen) atoms. The molecular formula is C18H18N2O4. The second-order valence-electron chi connectivity index (χ2n) is 5.05. The number of carbonyl (C=O) groups excluding carboxylic acids is 1. The number of para-hydroxylation sites is 1. The van der Waals surface area contributed by atoms with Gasteiger partial charge in [-0.3, -0.25) is 14.9 Å². The van der Waals surface area contributed by atoms with Crippen molar-refractivity contribution in [1.29, 1.82) is 0 Å². The molecule has 1 amide bonds. The lowest BCUT2D eigenvalue weighted by Crippen LogP contribution is -2.09. The molecule has 0 aliphatic rings. The quantitative estimate of drug-likeness (QED) is 0.495. The van der Waals surface area contributed by atoms with Gasteiger partial charge in [0.05, 0.1) is 11.5 Å². The van der Waals surface area contributed by atoms with Gasteiger partial charge < -0.3 is 10.1 Å². The summed E-state index contributed by atoms with van der Waals surface area (Å²) in [5.74, 6) is 0.383. The number of carbonyl (C=O) groups is 1. The van der Waals surface area contributed by atoms with Gasteiger partial charge in [0.15, 0.2) is 0 Å². The summed E-state index contributed by atoms with van der Waals surface area (Å²) in [4.78, 5) is 22.3. The summed E-state index contributed by atoms with van der Waals surface area (Å²) in [5.41, 5.74) is 1.95. The molecule has 6 nitrogen and oxygen atoms in total. The number of hydrogen-bond acceptors (Lipinski definition) is 4. The fourth-order valence-corrected chi connectivity index (χ4v) is 2.15. The first-order valence-electron chi connectivity index (χ1n) is 7.47. The standard InChI is InChI=1S/C18H18N2O4/c1-3-24-17-7-5-4-6-14(17)8-11-18(21)19-16-10-9-15(20(22)23)12-13(16)2/h4-12H,3H2,1-2H3,(H,19,21)/b11-8+. The predicted molar refractivity (Wildman–Crippen MR) is 93.1 cm³/mol. The predicted octanol–water partition coefficient (Wildman–Crippen LogP) is 3.95. The van der Waals surface area contributed by atoms with E-state index in [0.717, 1.165) is 5.56 Å². The molecule has 0 heterocycles. The Morgan fingerprint density at radius 1 is 1.29 bits per heavy atom. The summed E-state index contributed by atoms with van der Waals surface area (Å²) < 4.78 is 5.50. The summed E-state index contributed by atoms with van der Waals surface area (Å²) in [6.07, 6.45) is 3.07. The van der Waals surface area contributed by atoms with Crippen molar-refractivity contribution in [3.8, 4) is 5.75 Å². The second-order valence-corrected chi connectivity index (χ2v) is 5.05. The second kappa shape index (κ2) is 7.92. The number of aryl methyl sites for hydroxylation is 1. The van der Waals surface area contributed by atoms with E-state index in [1.807, 2.05) is 31.2 Å². The number of nitro benzene ring substituents is 1. The fourth-order valence-electron chi connectivity index (χ4n) is 2.15. The van der Waals surface area contributed by atoms with Crippen LogP contribution in [0.2, 0.25) is 0 Å². The van der Waals surface area contributed by atoms with E-state index in [1.165, 1.54) is 24.3 Å². The highest BCUT2D eigenvalue weighted by Gasteiger charge is 2.09. The van der Waals surface area contributed by atoms with Crippen LogP contribution in [0.15, 0.2) is 48.5 Å². The first-order valence-corrected chi connectivity index (χ1v) is 7.47. The van der Waals surface area contributed by atoms with Crippen LogP contribution in [0.5, 0.6) is 5.75 Å². The molecule has 0 radical (unpaired) electrons. The number of hydrogen-bond donors (Lipinski definition) is 1. The van der Waals surface area contributed by atoms with Gasteiger partial charge in [-0.05, 0) is 37.6 Å². The minimum absolute atomic E-state index is 0.00770. The molecule has 0 saturated heterocycles. The van der Waals surface area contributed by atoms with Crippen LogP contribution >= 0.6 is 0 Å². The summed E-state index contributed by atoms with van der Waals surface area (Å²) in [6, 6.07) is 11.7. The molecule has 0 bridgehead atoms. The maximum absolute atomic E-state index is 12.1. The molecule has 0 aliphatic heterocycles. The van der Waals surface area contributed by atoms with Gasteiger partial charge >= 0.3 is 0 Å². The summed E-state index contributed by atoms with van der Waals surface area (Å²) in [6.45, 7) is 4.14. The molecule has 1 N–H and O–H groups in total. The van der Waals surface area contributed by atoms with Gasteiger partial charge in [0.2, 0.25) is 5.91 Å². The normalized spacial score (nSPS) is 10.6. The monoisotopic (exact) mass is 326 g/mol. The van der Waals surface area contributed by atoms with Gasteiger partial charge in [-0.2, -0.15) is 0 Å². The van der Waals surface area contributed by atoms with E-state index in [4.69, 9.17) is 4.74 Å². The Hall–Kier alpha value is -3.15. The smallest absolute Gasteiger partial charge is 0.269 e. The molecule has 0 atom stereocenters. The number of benzene rings is 2. The van der Waals surface area contributed by atoms with E-state index in [2.05, 4.69) is 5.32 Å². The lowest BCUT2D eigenvalue weighted by Gasteiger charge is -2.07. The summed E-state index contributed by atoms with van der Waals surface area (Å²) in [7, 11) is 0. The molecule has 2 aromatic carbocycles. The maximum Gasteiger partial charge on any atom is 0.269 e.